The highest BCUT2D eigenvalue weighted by Gasteiger charge is 2.31. The van der Waals surface area contributed by atoms with Crippen LogP contribution in [-0.4, -0.2) is 28.6 Å². The number of hydrogen-bond acceptors (Lipinski definition) is 4. The van der Waals surface area contributed by atoms with Crippen molar-refractivity contribution in [3.05, 3.63) is 22.3 Å². The molecule has 0 saturated heterocycles. The molecule has 18 heavy (non-hydrogen) atoms. The highest BCUT2D eigenvalue weighted by molar-refractivity contribution is 6.36. The molecule has 0 bridgehead atoms. The maximum Gasteiger partial charge on any atom is 0.147 e. The third kappa shape index (κ3) is 3.17. The number of aromatic nitrogens is 1. The summed E-state index contributed by atoms with van der Waals surface area (Å²) in [5.74, 6) is 0.903. The van der Waals surface area contributed by atoms with Crippen molar-refractivity contribution in [1.29, 1.82) is 0 Å². The Bertz CT molecular complexity index is 462. The van der Waals surface area contributed by atoms with Crippen molar-refractivity contribution in [3.8, 4) is 0 Å². The average Bonchev–Trinajstić information content (AvgIpc) is 3.15. The molecule has 1 aromatic heterocycles. The molecule has 1 aliphatic rings. The third-order valence-electron chi connectivity index (χ3n) is 2.79. The maximum absolute atomic E-state index is 8.55. The number of nitrogens with two attached hydrogens (primary N) is 1. The van der Waals surface area contributed by atoms with Gasteiger partial charge < -0.3 is 15.8 Å². The van der Waals surface area contributed by atoms with Crippen LogP contribution < -0.4 is 10.6 Å². The average molecular weight is 289 g/mol. The van der Waals surface area contributed by atoms with Crippen LogP contribution in [0.2, 0.25) is 10.0 Å². The Morgan fingerprint density at radius 1 is 1.56 bits per heavy atom. The van der Waals surface area contributed by atoms with Crippen LogP contribution in [0, 0.1) is 0 Å². The number of anilines is 1. The fourth-order valence-corrected chi connectivity index (χ4v) is 2.24. The van der Waals surface area contributed by atoms with Gasteiger partial charge in [0.25, 0.3) is 0 Å². The Labute approximate surface area is 115 Å². The van der Waals surface area contributed by atoms with Crippen molar-refractivity contribution >= 4 is 34.9 Å². The molecule has 3 N–H and O–H groups in total. The first kappa shape index (κ1) is 13.2. The zero-order chi connectivity index (χ0) is 13.1. The normalized spacial score (nSPS) is 15.8. The largest absolute Gasteiger partial charge is 0.409 e. The summed E-state index contributed by atoms with van der Waals surface area (Å²) in [6.45, 7) is 0.620. The predicted molar refractivity (Wildman–Crippen MR) is 72.7 cm³/mol. The molecule has 2 rings (SSSR count). The first-order valence-electron chi connectivity index (χ1n) is 5.66. The van der Waals surface area contributed by atoms with Crippen LogP contribution in [0.4, 0.5) is 5.82 Å². The molecule has 1 saturated carbocycles. The topological polar surface area (TPSA) is 74.7 Å². The lowest BCUT2D eigenvalue weighted by atomic mass is 10.3. The van der Waals surface area contributed by atoms with E-state index in [9.17, 15) is 0 Å². The molecular formula is C11H14Cl2N4O. The van der Waals surface area contributed by atoms with Crippen LogP contribution in [-0.2, 0) is 0 Å². The van der Waals surface area contributed by atoms with Crippen LogP contribution in [0.15, 0.2) is 17.4 Å². The molecule has 0 amide bonds. The first-order chi connectivity index (χ1) is 8.61. The zero-order valence-electron chi connectivity index (χ0n) is 9.68. The Kier molecular flexibility index (Phi) is 4.14. The second kappa shape index (κ2) is 5.63. The van der Waals surface area contributed by atoms with Gasteiger partial charge in [-0.15, -0.1) is 0 Å². The van der Waals surface area contributed by atoms with E-state index in [1.807, 2.05) is 0 Å². The maximum atomic E-state index is 8.55. The Morgan fingerprint density at radius 3 is 2.83 bits per heavy atom. The number of hydrogen-bond donors (Lipinski definition) is 2. The lowest BCUT2D eigenvalue weighted by molar-refractivity contribution is 0.317. The monoisotopic (exact) mass is 288 g/mol. The van der Waals surface area contributed by atoms with Crippen molar-refractivity contribution in [1.82, 2.24) is 4.98 Å². The van der Waals surface area contributed by atoms with Gasteiger partial charge in [0.1, 0.15) is 11.7 Å². The summed E-state index contributed by atoms with van der Waals surface area (Å²) in [5, 5.41) is 12.5. The van der Waals surface area contributed by atoms with Gasteiger partial charge in [0.2, 0.25) is 0 Å². The first-order valence-corrected chi connectivity index (χ1v) is 6.41. The summed E-state index contributed by atoms with van der Waals surface area (Å²) in [6.07, 6.45) is 4.25. The van der Waals surface area contributed by atoms with Crippen molar-refractivity contribution < 1.29 is 5.21 Å². The predicted octanol–water partition coefficient (Wildman–Crippen LogP) is 2.49. The lowest BCUT2D eigenvalue weighted by Crippen LogP contribution is -2.31. The van der Waals surface area contributed by atoms with E-state index in [0.29, 0.717) is 34.9 Å². The van der Waals surface area contributed by atoms with Gasteiger partial charge in [-0.2, -0.15) is 0 Å². The van der Waals surface area contributed by atoms with Crippen LogP contribution in [0.25, 0.3) is 0 Å². The summed E-state index contributed by atoms with van der Waals surface area (Å²) >= 11 is 12.0. The third-order valence-corrected chi connectivity index (χ3v) is 3.27. The minimum Gasteiger partial charge on any atom is -0.409 e. The Hall–Kier alpha value is -1.20. The van der Waals surface area contributed by atoms with Crippen LogP contribution >= 0.6 is 23.2 Å². The summed E-state index contributed by atoms with van der Waals surface area (Å²) in [4.78, 5) is 6.34. The van der Waals surface area contributed by atoms with Crippen LogP contribution in [0.1, 0.15) is 19.3 Å². The molecule has 1 aliphatic carbocycles. The van der Waals surface area contributed by atoms with Crippen LogP contribution in [0.5, 0.6) is 0 Å². The van der Waals surface area contributed by atoms with Crippen molar-refractivity contribution in [2.45, 2.75) is 25.3 Å². The van der Waals surface area contributed by atoms with Gasteiger partial charge in [0.15, 0.2) is 0 Å². The van der Waals surface area contributed by atoms with E-state index in [-0.39, 0.29) is 5.84 Å². The Morgan fingerprint density at radius 2 is 2.28 bits per heavy atom. The molecule has 0 radical (unpaired) electrons. The number of nitrogens with zero attached hydrogens (tertiary/aromatic N) is 3. The molecule has 0 unspecified atom stereocenters. The smallest absolute Gasteiger partial charge is 0.147 e. The molecule has 0 aliphatic heterocycles. The highest BCUT2D eigenvalue weighted by atomic mass is 35.5. The van der Waals surface area contributed by atoms with Gasteiger partial charge in [-0.05, 0) is 18.9 Å². The van der Waals surface area contributed by atoms with E-state index in [4.69, 9.17) is 34.1 Å². The minimum absolute atomic E-state index is 0.200. The number of rotatable bonds is 5. The van der Waals surface area contributed by atoms with Gasteiger partial charge in [-0.25, -0.2) is 4.98 Å². The van der Waals surface area contributed by atoms with E-state index in [0.717, 1.165) is 12.8 Å². The van der Waals surface area contributed by atoms with Crippen molar-refractivity contribution in [2.75, 3.05) is 11.4 Å². The van der Waals surface area contributed by atoms with Gasteiger partial charge >= 0.3 is 0 Å². The summed E-state index contributed by atoms with van der Waals surface area (Å²) in [6, 6.07) is 2.10. The number of pyridine rings is 1. The van der Waals surface area contributed by atoms with Gasteiger partial charge in [0, 0.05) is 25.2 Å². The van der Waals surface area contributed by atoms with E-state index < -0.39 is 0 Å². The van der Waals surface area contributed by atoms with Gasteiger partial charge in [-0.3, -0.25) is 0 Å². The molecule has 7 heteroatoms. The lowest BCUT2D eigenvalue weighted by Gasteiger charge is -2.24. The summed E-state index contributed by atoms with van der Waals surface area (Å²) < 4.78 is 0. The van der Waals surface area contributed by atoms with Crippen molar-refractivity contribution in [3.63, 3.8) is 0 Å². The van der Waals surface area contributed by atoms with Gasteiger partial charge in [0.05, 0.1) is 10.0 Å². The second-order valence-corrected chi connectivity index (χ2v) is 5.07. The minimum atomic E-state index is 0.200. The quantitative estimate of drug-likeness (QED) is 0.378. The molecule has 98 valence electrons. The number of oxime groups is 1. The Balaban J connectivity index is 2.14. The van der Waals surface area contributed by atoms with E-state index >= 15 is 0 Å². The molecule has 0 spiro atoms. The standard InChI is InChI=1S/C11H14Cl2N4O/c12-7-5-9(13)11(15-6-7)17(8-1-2-8)4-3-10(14)16-18/h5-6,8,18H,1-4H2,(H2,14,16). The zero-order valence-corrected chi connectivity index (χ0v) is 11.2. The van der Waals surface area contributed by atoms with Gasteiger partial charge in [-0.1, -0.05) is 28.4 Å². The summed E-state index contributed by atoms with van der Waals surface area (Å²) in [5.41, 5.74) is 5.48. The number of halogens is 2. The molecular weight excluding hydrogens is 275 g/mol. The second-order valence-electron chi connectivity index (χ2n) is 4.22. The SMILES string of the molecule is NC(CCN(c1ncc(Cl)cc1Cl)C1CC1)=NO. The van der Waals surface area contributed by atoms with E-state index in [1.54, 1.807) is 12.3 Å². The van der Waals surface area contributed by atoms with E-state index in [2.05, 4.69) is 15.0 Å². The van der Waals surface area contributed by atoms with E-state index in [1.165, 1.54) is 0 Å². The highest BCUT2D eigenvalue weighted by Crippen LogP contribution is 2.35. The molecule has 0 aromatic carbocycles. The summed E-state index contributed by atoms with van der Waals surface area (Å²) in [7, 11) is 0. The van der Waals surface area contributed by atoms with Crippen LogP contribution in [0.3, 0.4) is 0 Å². The fraction of sp³-hybridized carbons (Fsp3) is 0.455. The molecule has 1 fully saturated rings. The molecule has 5 nitrogen and oxygen atoms in total. The van der Waals surface area contributed by atoms with Crippen molar-refractivity contribution in [2.24, 2.45) is 10.9 Å². The molecule has 1 aromatic rings. The molecule has 1 heterocycles. The number of amidine groups is 1. The molecule has 0 atom stereocenters. The fourth-order valence-electron chi connectivity index (χ4n) is 1.75.